The van der Waals surface area contributed by atoms with Crippen molar-refractivity contribution in [2.45, 2.75) is 19.3 Å². The Balaban J connectivity index is 1.79. The highest BCUT2D eigenvalue weighted by Crippen LogP contribution is 2.23. The van der Waals surface area contributed by atoms with Gasteiger partial charge in [-0.05, 0) is 71.7 Å². The molecule has 0 N–H and O–H groups in total. The summed E-state index contributed by atoms with van der Waals surface area (Å²) in [5.74, 6) is 0.647. The first-order chi connectivity index (χ1) is 10.2. The fourth-order valence-electron chi connectivity index (χ4n) is 2.03. The highest BCUT2D eigenvalue weighted by Gasteiger charge is 2.04. The summed E-state index contributed by atoms with van der Waals surface area (Å²) in [6.07, 6.45) is 3.93. The summed E-state index contributed by atoms with van der Waals surface area (Å²) in [4.78, 5) is 11.0. The van der Waals surface area contributed by atoms with E-state index >= 15 is 0 Å². The number of halogens is 2. The number of unbranched alkanes of at least 4 members (excludes halogenated alkanes) is 1. The van der Waals surface area contributed by atoms with Gasteiger partial charge in [-0.1, -0.05) is 34.1 Å². The quantitative estimate of drug-likeness (QED) is 0.321. The Hall–Kier alpha value is -0.880. The van der Waals surface area contributed by atoms with Crippen molar-refractivity contribution < 1.29 is 9.53 Å². The first-order valence-electron chi connectivity index (χ1n) is 6.81. The highest BCUT2D eigenvalue weighted by molar-refractivity contribution is 14.1. The van der Waals surface area contributed by atoms with Gasteiger partial charge in [0.2, 0.25) is 0 Å². The third-order valence-electron chi connectivity index (χ3n) is 3.16. The lowest BCUT2D eigenvalue weighted by molar-refractivity contribution is 0.111. The summed E-state index contributed by atoms with van der Waals surface area (Å²) < 4.78 is 7.94. The van der Waals surface area contributed by atoms with Crippen LogP contribution in [0.2, 0.25) is 0 Å². The van der Waals surface area contributed by atoms with Crippen LogP contribution in [0, 0.1) is 3.57 Å². The van der Waals surface area contributed by atoms with E-state index in [-0.39, 0.29) is 0 Å². The number of carbonyl (C=O) groups is 1. The fraction of sp³-hybridized carbons (Fsp3) is 0.235. The van der Waals surface area contributed by atoms with Gasteiger partial charge < -0.3 is 4.74 Å². The van der Waals surface area contributed by atoms with Gasteiger partial charge in [-0.15, -0.1) is 0 Å². The Bertz CT molecular complexity index is 613. The topological polar surface area (TPSA) is 26.3 Å². The van der Waals surface area contributed by atoms with E-state index in [0.717, 1.165) is 30.0 Å². The number of ether oxygens (including phenoxy) is 1. The maximum absolute atomic E-state index is 11.0. The predicted octanol–water partition coefficient (Wildman–Crippen LogP) is 5.27. The van der Waals surface area contributed by atoms with E-state index in [1.54, 1.807) is 6.07 Å². The molecule has 0 bridgehead atoms. The Morgan fingerprint density at radius 1 is 1.14 bits per heavy atom. The van der Waals surface area contributed by atoms with Gasteiger partial charge in [0.05, 0.1) is 12.2 Å². The maximum atomic E-state index is 11.0. The van der Waals surface area contributed by atoms with Crippen LogP contribution in [-0.2, 0) is 6.42 Å². The van der Waals surface area contributed by atoms with Crippen molar-refractivity contribution in [2.24, 2.45) is 0 Å². The summed E-state index contributed by atoms with van der Waals surface area (Å²) in [5, 5.41) is 0. The monoisotopic (exact) mass is 458 g/mol. The molecule has 2 aromatic rings. The number of hydrogen-bond donors (Lipinski definition) is 0. The SMILES string of the molecule is O=Cc1ccc(Br)cc1OCCCCc1ccccc1I. The Kier molecular flexibility index (Phi) is 6.70. The minimum absolute atomic E-state index is 0.593. The zero-order valence-electron chi connectivity index (χ0n) is 11.5. The van der Waals surface area contributed by atoms with Crippen LogP contribution in [0.3, 0.4) is 0 Å². The summed E-state index contributed by atoms with van der Waals surface area (Å²) in [7, 11) is 0. The van der Waals surface area contributed by atoms with Gasteiger partial charge in [0, 0.05) is 8.04 Å². The molecule has 0 spiro atoms. The lowest BCUT2D eigenvalue weighted by atomic mass is 10.1. The predicted molar refractivity (Wildman–Crippen MR) is 97.1 cm³/mol. The lowest BCUT2D eigenvalue weighted by Crippen LogP contribution is -2.01. The van der Waals surface area contributed by atoms with Crippen LogP contribution in [0.15, 0.2) is 46.9 Å². The van der Waals surface area contributed by atoms with Gasteiger partial charge in [-0.25, -0.2) is 0 Å². The molecular formula is C17H16BrIO2. The van der Waals surface area contributed by atoms with Crippen LogP contribution in [0.25, 0.3) is 0 Å². The fourth-order valence-corrected chi connectivity index (χ4v) is 3.03. The molecule has 0 atom stereocenters. The molecule has 4 heteroatoms. The first-order valence-corrected chi connectivity index (χ1v) is 8.69. The van der Waals surface area contributed by atoms with Crippen LogP contribution in [0.5, 0.6) is 5.75 Å². The van der Waals surface area contributed by atoms with Crippen molar-refractivity contribution in [3.05, 3.63) is 61.6 Å². The Labute approximate surface area is 147 Å². The molecule has 0 unspecified atom stereocenters. The summed E-state index contributed by atoms with van der Waals surface area (Å²) in [6.45, 7) is 0.626. The molecule has 2 nitrogen and oxygen atoms in total. The number of aldehydes is 1. The summed E-state index contributed by atoms with van der Waals surface area (Å²) >= 11 is 5.76. The van der Waals surface area contributed by atoms with Gasteiger partial charge >= 0.3 is 0 Å². The lowest BCUT2D eigenvalue weighted by Gasteiger charge is -2.09. The van der Waals surface area contributed by atoms with Crippen LogP contribution >= 0.6 is 38.5 Å². The van der Waals surface area contributed by atoms with E-state index in [1.165, 1.54) is 9.13 Å². The van der Waals surface area contributed by atoms with Crippen molar-refractivity contribution in [2.75, 3.05) is 6.61 Å². The number of benzene rings is 2. The molecule has 0 heterocycles. The van der Waals surface area contributed by atoms with Crippen molar-refractivity contribution >= 4 is 44.8 Å². The zero-order chi connectivity index (χ0) is 15.1. The Morgan fingerprint density at radius 2 is 1.95 bits per heavy atom. The normalized spacial score (nSPS) is 10.4. The van der Waals surface area contributed by atoms with Crippen molar-refractivity contribution in [3.8, 4) is 5.75 Å². The highest BCUT2D eigenvalue weighted by atomic mass is 127. The third kappa shape index (κ3) is 5.11. The summed E-state index contributed by atoms with van der Waals surface area (Å²) in [6, 6.07) is 13.9. The van der Waals surface area contributed by atoms with Crippen LogP contribution in [0.1, 0.15) is 28.8 Å². The number of hydrogen-bond acceptors (Lipinski definition) is 2. The molecule has 0 radical (unpaired) electrons. The second-order valence-corrected chi connectivity index (χ2v) is 6.77. The smallest absolute Gasteiger partial charge is 0.153 e. The van der Waals surface area contributed by atoms with Crippen LogP contribution in [0.4, 0.5) is 0 Å². The van der Waals surface area contributed by atoms with Gasteiger partial charge in [0.1, 0.15) is 5.75 Å². The second-order valence-electron chi connectivity index (χ2n) is 4.70. The van der Waals surface area contributed by atoms with E-state index in [2.05, 4.69) is 62.8 Å². The van der Waals surface area contributed by atoms with Crippen molar-refractivity contribution in [3.63, 3.8) is 0 Å². The maximum Gasteiger partial charge on any atom is 0.153 e. The number of carbonyl (C=O) groups excluding carboxylic acids is 1. The standard InChI is InChI=1S/C17H16BrIO2/c18-15-9-8-14(12-20)17(11-15)21-10-4-3-6-13-5-1-2-7-16(13)19/h1-2,5,7-9,11-12H,3-4,6,10H2. The molecule has 0 saturated heterocycles. The second kappa shape index (κ2) is 8.54. The average molecular weight is 459 g/mol. The molecule has 0 aliphatic carbocycles. The van der Waals surface area contributed by atoms with Crippen molar-refractivity contribution in [1.29, 1.82) is 0 Å². The molecule has 0 saturated carbocycles. The third-order valence-corrected chi connectivity index (χ3v) is 4.70. The van der Waals surface area contributed by atoms with Crippen molar-refractivity contribution in [1.82, 2.24) is 0 Å². The van der Waals surface area contributed by atoms with Crippen LogP contribution < -0.4 is 4.74 Å². The molecule has 2 aromatic carbocycles. The molecule has 0 aliphatic rings. The molecule has 0 amide bonds. The minimum atomic E-state index is 0.593. The number of rotatable bonds is 7. The average Bonchev–Trinajstić information content (AvgIpc) is 2.49. The largest absolute Gasteiger partial charge is 0.493 e. The van der Waals surface area contributed by atoms with E-state index in [9.17, 15) is 4.79 Å². The molecule has 21 heavy (non-hydrogen) atoms. The zero-order valence-corrected chi connectivity index (χ0v) is 15.3. The van der Waals surface area contributed by atoms with Gasteiger partial charge in [-0.3, -0.25) is 4.79 Å². The Morgan fingerprint density at radius 3 is 2.71 bits per heavy atom. The van der Waals surface area contributed by atoms with Gasteiger partial charge in [0.15, 0.2) is 6.29 Å². The van der Waals surface area contributed by atoms with E-state index < -0.39 is 0 Å². The van der Waals surface area contributed by atoms with Crippen LogP contribution in [-0.4, -0.2) is 12.9 Å². The molecule has 0 aromatic heterocycles. The molecular weight excluding hydrogens is 443 g/mol. The van der Waals surface area contributed by atoms with Gasteiger partial charge in [0.25, 0.3) is 0 Å². The molecule has 2 rings (SSSR count). The first kappa shape index (κ1) is 16.5. The molecule has 0 aliphatic heterocycles. The van der Waals surface area contributed by atoms with E-state index in [0.29, 0.717) is 17.9 Å². The van der Waals surface area contributed by atoms with E-state index in [1.807, 2.05) is 12.1 Å². The molecule has 110 valence electrons. The van der Waals surface area contributed by atoms with E-state index in [4.69, 9.17) is 4.74 Å². The summed E-state index contributed by atoms with van der Waals surface area (Å²) in [5.41, 5.74) is 1.98. The minimum Gasteiger partial charge on any atom is -0.493 e. The van der Waals surface area contributed by atoms with Gasteiger partial charge in [-0.2, -0.15) is 0 Å². The number of aryl methyl sites for hydroxylation is 1. The molecule has 0 fully saturated rings.